The fourth-order valence-electron chi connectivity index (χ4n) is 5.93. The van der Waals surface area contributed by atoms with Gasteiger partial charge in [0.15, 0.2) is 5.69 Å². The van der Waals surface area contributed by atoms with E-state index in [9.17, 15) is 28.7 Å². The number of likely N-dealkylation sites (N-methyl/N-ethyl adjacent to an activating group) is 1. The van der Waals surface area contributed by atoms with Crippen LogP contribution < -0.4 is 20.9 Å². The molecular weight excluding hydrogens is 569 g/mol. The average Bonchev–Trinajstić information content (AvgIpc) is 3.24. The highest BCUT2D eigenvalue weighted by molar-refractivity contribution is 6.35. The lowest BCUT2D eigenvalue weighted by Gasteiger charge is -2.41. The van der Waals surface area contributed by atoms with Crippen molar-refractivity contribution in [2.45, 2.75) is 57.8 Å². The van der Waals surface area contributed by atoms with E-state index in [2.05, 4.69) is 10.6 Å². The van der Waals surface area contributed by atoms with Crippen molar-refractivity contribution in [2.24, 2.45) is 5.41 Å². The van der Waals surface area contributed by atoms with Crippen molar-refractivity contribution in [2.75, 3.05) is 20.7 Å². The van der Waals surface area contributed by atoms with Crippen LogP contribution >= 0.6 is 0 Å². The number of aliphatic hydroxyl groups excluding tert-OH is 1. The Labute approximate surface area is 254 Å². The number of rotatable bonds is 8. The van der Waals surface area contributed by atoms with Crippen molar-refractivity contribution in [3.63, 3.8) is 0 Å². The summed E-state index contributed by atoms with van der Waals surface area (Å²) in [4.78, 5) is 59.4. The van der Waals surface area contributed by atoms with Crippen molar-refractivity contribution in [1.82, 2.24) is 25.1 Å². The summed E-state index contributed by atoms with van der Waals surface area (Å²) in [6.07, 6.45) is 1.50. The lowest BCUT2D eigenvalue weighted by Crippen LogP contribution is -2.54. The largest absolute Gasteiger partial charge is 0.481 e. The number of carbonyl (C=O) groups is 3. The first-order valence-corrected chi connectivity index (χ1v) is 14.5. The van der Waals surface area contributed by atoms with Gasteiger partial charge in [-0.25, -0.2) is 9.37 Å². The number of nitrogens with one attached hydrogen (secondary N) is 2. The zero-order chi connectivity index (χ0) is 31.6. The molecule has 3 amide bonds. The molecular formula is C32H36FN5O6. The highest BCUT2D eigenvalue weighted by atomic mass is 19.1. The van der Waals surface area contributed by atoms with Gasteiger partial charge in [0.1, 0.15) is 18.2 Å². The summed E-state index contributed by atoms with van der Waals surface area (Å²) in [7, 11) is 2.92. The molecule has 0 saturated heterocycles. The van der Waals surface area contributed by atoms with Gasteiger partial charge in [-0.3, -0.25) is 23.7 Å². The first kappa shape index (κ1) is 30.9. The molecule has 232 valence electrons. The van der Waals surface area contributed by atoms with Gasteiger partial charge in [-0.05, 0) is 55.4 Å². The molecule has 3 N–H and O–H groups in total. The van der Waals surface area contributed by atoms with E-state index in [0.717, 1.165) is 10.5 Å². The number of benzene rings is 2. The van der Waals surface area contributed by atoms with E-state index in [1.54, 1.807) is 19.1 Å². The predicted molar refractivity (Wildman–Crippen MR) is 158 cm³/mol. The van der Waals surface area contributed by atoms with Gasteiger partial charge in [-0.2, -0.15) is 0 Å². The Morgan fingerprint density at radius 2 is 1.77 bits per heavy atom. The van der Waals surface area contributed by atoms with Crippen LogP contribution in [-0.4, -0.2) is 58.0 Å². The fourth-order valence-corrected chi connectivity index (χ4v) is 5.93. The Bertz CT molecular complexity index is 1650. The molecule has 1 saturated carbocycles. The summed E-state index contributed by atoms with van der Waals surface area (Å²) in [5, 5.41) is 16.0. The Kier molecular flexibility index (Phi) is 8.55. The predicted octanol–water partition coefficient (Wildman–Crippen LogP) is 2.17. The number of nitrogens with zero attached hydrogens (tertiary/aromatic N) is 3. The quantitative estimate of drug-likeness (QED) is 0.334. The number of hydrogen-bond acceptors (Lipinski definition) is 7. The third kappa shape index (κ3) is 5.94. The van der Waals surface area contributed by atoms with Gasteiger partial charge in [-0.1, -0.05) is 42.5 Å². The molecule has 11 nitrogen and oxygen atoms in total. The van der Waals surface area contributed by atoms with E-state index in [-0.39, 0.29) is 49.4 Å². The third-order valence-electron chi connectivity index (χ3n) is 8.62. The minimum Gasteiger partial charge on any atom is -0.481 e. The minimum atomic E-state index is -1.24. The smallest absolute Gasteiger partial charge is 0.311 e. The molecule has 44 heavy (non-hydrogen) atoms. The molecule has 2 aromatic carbocycles. The molecule has 0 spiro atoms. The number of aliphatic hydroxyl groups is 1. The second-order valence-corrected chi connectivity index (χ2v) is 11.9. The lowest BCUT2D eigenvalue weighted by molar-refractivity contribution is -0.145. The molecule has 1 aliphatic carbocycles. The van der Waals surface area contributed by atoms with E-state index in [1.165, 1.54) is 24.7 Å². The molecule has 1 aromatic heterocycles. The van der Waals surface area contributed by atoms with Crippen LogP contribution in [0.25, 0.3) is 0 Å². The summed E-state index contributed by atoms with van der Waals surface area (Å²) in [5.41, 5.74) is -0.971. The van der Waals surface area contributed by atoms with Crippen LogP contribution in [0.3, 0.4) is 0 Å². The third-order valence-corrected chi connectivity index (χ3v) is 8.62. The highest BCUT2D eigenvalue weighted by Gasteiger charge is 2.52. The highest BCUT2D eigenvalue weighted by Crippen LogP contribution is 2.49. The second kappa shape index (κ2) is 12.2. The van der Waals surface area contributed by atoms with Gasteiger partial charge >= 0.3 is 11.8 Å². The summed E-state index contributed by atoms with van der Waals surface area (Å²) in [5.74, 6) is -2.84. The Morgan fingerprint density at radius 1 is 1.07 bits per heavy atom. The van der Waals surface area contributed by atoms with Crippen molar-refractivity contribution in [1.29, 1.82) is 0 Å². The number of hydrogen-bond donors (Lipinski definition) is 3. The minimum absolute atomic E-state index is 0.0150. The van der Waals surface area contributed by atoms with Gasteiger partial charge < -0.3 is 25.4 Å². The topological polar surface area (TPSA) is 143 Å². The van der Waals surface area contributed by atoms with Crippen LogP contribution in [0.5, 0.6) is 5.75 Å². The number of ether oxygens (including phenoxy) is 1. The monoisotopic (exact) mass is 605 g/mol. The molecule has 12 heteroatoms. The van der Waals surface area contributed by atoms with E-state index >= 15 is 0 Å². The molecule has 2 bridgehead atoms. The molecule has 2 aliphatic heterocycles. The standard InChI is InChI=1S/C32H36FN5O6/c1-20-15-22(9-10-23(20)33)16-34-26(40)24-25(44-17-21-7-5-4-6-8-21)28(42)38-18-31(19-39)11-13-32(14-12-31,30(38)35-24)36-27(41)29(43)37(2)3/h4-10,15,39H,11-14,16-19H2,1-3H3,(H,34,40)(H,36,41). The Hall–Kier alpha value is -4.58. The van der Waals surface area contributed by atoms with E-state index in [0.29, 0.717) is 36.8 Å². The van der Waals surface area contributed by atoms with Crippen molar-refractivity contribution < 1.29 is 28.6 Å². The Balaban J connectivity index is 1.60. The summed E-state index contributed by atoms with van der Waals surface area (Å²) >= 11 is 0. The van der Waals surface area contributed by atoms with Gasteiger partial charge in [0.25, 0.3) is 11.5 Å². The molecule has 0 radical (unpaired) electrons. The normalized spacial score (nSPS) is 20.3. The molecule has 1 fully saturated rings. The molecule has 6 rings (SSSR count). The molecule has 0 atom stereocenters. The molecule has 3 aromatic rings. The zero-order valence-corrected chi connectivity index (χ0v) is 25.0. The van der Waals surface area contributed by atoms with Crippen LogP contribution in [-0.2, 0) is 34.8 Å². The maximum atomic E-state index is 14.2. The van der Waals surface area contributed by atoms with Crippen LogP contribution in [0.2, 0.25) is 0 Å². The number of amides is 3. The van der Waals surface area contributed by atoms with E-state index in [4.69, 9.17) is 9.72 Å². The first-order chi connectivity index (χ1) is 21.0. The number of aryl methyl sites for hydroxylation is 1. The van der Waals surface area contributed by atoms with Crippen LogP contribution in [0, 0.1) is 18.2 Å². The summed E-state index contributed by atoms with van der Waals surface area (Å²) in [6, 6.07) is 13.6. The van der Waals surface area contributed by atoms with E-state index < -0.39 is 34.2 Å². The zero-order valence-electron chi connectivity index (χ0n) is 25.0. The molecule has 3 aliphatic rings. The van der Waals surface area contributed by atoms with Crippen molar-refractivity contribution >= 4 is 17.7 Å². The summed E-state index contributed by atoms with van der Waals surface area (Å²) in [6.45, 7) is 1.54. The average molecular weight is 606 g/mol. The lowest BCUT2D eigenvalue weighted by atomic mass is 9.69. The second-order valence-electron chi connectivity index (χ2n) is 11.9. The number of aromatic nitrogens is 2. The van der Waals surface area contributed by atoms with Gasteiger partial charge in [-0.15, -0.1) is 0 Å². The van der Waals surface area contributed by atoms with Gasteiger partial charge in [0, 0.05) is 32.6 Å². The number of halogens is 1. The van der Waals surface area contributed by atoms with Crippen molar-refractivity contribution in [3.05, 3.63) is 92.9 Å². The number of carbonyl (C=O) groups excluding carboxylic acids is 3. The van der Waals surface area contributed by atoms with E-state index in [1.807, 2.05) is 30.3 Å². The SMILES string of the molecule is Cc1cc(CNC(=O)c2nc3n(c(=O)c2OCc2ccccc2)CC2(CO)CCC3(NC(=O)C(=O)N(C)C)CC2)ccc1F. The maximum Gasteiger partial charge on any atom is 0.311 e. The van der Waals surface area contributed by atoms with Crippen LogP contribution in [0.4, 0.5) is 4.39 Å². The fraction of sp³-hybridized carbons (Fsp3) is 0.406. The van der Waals surface area contributed by atoms with Crippen molar-refractivity contribution in [3.8, 4) is 5.75 Å². The first-order valence-electron chi connectivity index (χ1n) is 14.5. The summed E-state index contributed by atoms with van der Waals surface area (Å²) < 4.78 is 21.2. The Morgan fingerprint density at radius 3 is 2.41 bits per heavy atom. The maximum absolute atomic E-state index is 14.2. The molecule has 0 unspecified atom stereocenters. The van der Waals surface area contributed by atoms with Crippen LogP contribution in [0.1, 0.15) is 58.7 Å². The van der Waals surface area contributed by atoms with Gasteiger partial charge in [0.05, 0.1) is 12.1 Å². The number of fused-ring (bicyclic) bond motifs is 2. The van der Waals surface area contributed by atoms with Crippen LogP contribution in [0.15, 0.2) is 53.3 Å². The molecule has 3 heterocycles. The van der Waals surface area contributed by atoms with Gasteiger partial charge in [0.2, 0.25) is 5.75 Å².